The van der Waals surface area contributed by atoms with Crippen molar-refractivity contribution in [2.75, 3.05) is 6.54 Å². The average Bonchev–Trinajstić information content (AvgIpc) is 2.78. The summed E-state index contributed by atoms with van der Waals surface area (Å²) in [6.07, 6.45) is 0.519. The van der Waals surface area contributed by atoms with Crippen LogP contribution in [-0.4, -0.2) is 26.0 Å². The van der Waals surface area contributed by atoms with Gasteiger partial charge < -0.3 is 9.84 Å². The van der Waals surface area contributed by atoms with Crippen LogP contribution in [0.25, 0.3) is 0 Å². The molecule has 3 N–H and O–H groups in total. The number of hydrogen-bond acceptors (Lipinski definition) is 5. The molecule has 0 atom stereocenters. The van der Waals surface area contributed by atoms with Crippen molar-refractivity contribution < 1.29 is 17.7 Å². The fourth-order valence-corrected chi connectivity index (χ4v) is 2.42. The zero-order valence-corrected chi connectivity index (χ0v) is 13.2. The molecule has 0 aliphatic heterocycles. The van der Waals surface area contributed by atoms with E-state index in [-0.39, 0.29) is 15.6 Å². The highest BCUT2D eigenvalue weighted by Crippen LogP contribution is 2.19. The number of carbonyl (C=O) groups excluding carboxylic acids is 1. The number of nitrogens with zero attached hydrogens (tertiary/aromatic N) is 1. The predicted molar refractivity (Wildman–Crippen MR) is 80.1 cm³/mol. The fourth-order valence-electron chi connectivity index (χ4n) is 1.75. The summed E-state index contributed by atoms with van der Waals surface area (Å²) in [5, 5.41) is 11.4. The lowest BCUT2D eigenvalue weighted by atomic mass is 10.1. The number of aryl methyl sites for hydroxylation is 1. The van der Waals surface area contributed by atoms with Crippen molar-refractivity contribution in [3.8, 4) is 0 Å². The first kappa shape index (κ1) is 16.5. The van der Waals surface area contributed by atoms with Crippen molar-refractivity contribution in [3.05, 3.63) is 46.3 Å². The van der Waals surface area contributed by atoms with Crippen LogP contribution in [0.5, 0.6) is 0 Å². The van der Waals surface area contributed by atoms with Crippen molar-refractivity contribution in [1.29, 1.82) is 0 Å². The van der Waals surface area contributed by atoms with E-state index in [0.717, 1.165) is 5.56 Å². The predicted octanol–water partition coefficient (Wildman–Crippen LogP) is 1.26. The van der Waals surface area contributed by atoms with Crippen LogP contribution in [0.4, 0.5) is 0 Å². The van der Waals surface area contributed by atoms with Gasteiger partial charge in [-0.05, 0) is 31.0 Å². The van der Waals surface area contributed by atoms with Gasteiger partial charge in [-0.15, -0.1) is 0 Å². The molecule has 118 valence electrons. The van der Waals surface area contributed by atoms with Gasteiger partial charge in [-0.1, -0.05) is 28.9 Å². The summed E-state index contributed by atoms with van der Waals surface area (Å²) >= 11 is 5.87. The summed E-state index contributed by atoms with van der Waals surface area (Å²) in [4.78, 5) is 11.9. The van der Waals surface area contributed by atoms with Crippen LogP contribution < -0.4 is 10.5 Å². The summed E-state index contributed by atoms with van der Waals surface area (Å²) in [5.41, 5.74) is 0.902. The van der Waals surface area contributed by atoms with Crippen molar-refractivity contribution >= 4 is 27.5 Å². The van der Waals surface area contributed by atoms with Crippen LogP contribution >= 0.6 is 11.6 Å². The molecule has 0 saturated carbocycles. The quantitative estimate of drug-likeness (QED) is 0.847. The molecule has 22 heavy (non-hydrogen) atoms. The van der Waals surface area contributed by atoms with E-state index in [9.17, 15) is 13.2 Å². The van der Waals surface area contributed by atoms with Gasteiger partial charge in [0.25, 0.3) is 5.91 Å². The third kappa shape index (κ3) is 3.85. The lowest BCUT2D eigenvalue weighted by Crippen LogP contribution is -2.26. The van der Waals surface area contributed by atoms with E-state index in [1.807, 2.05) is 0 Å². The number of sulfonamides is 1. The first-order valence-corrected chi connectivity index (χ1v) is 8.23. The van der Waals surface area contributed by atoms with E-state index in [2.05, 4.69) is 10.5 Å². The second-order valence-electron chi connectivity index (χ2n) is 4.60. The maximum atomic E-state index is 11.8. The van der Waals surface area contributed by atoms with E-state index < -0.39 is 15.9 Å². The van der Waals surface area contributed by atoms with E-state index in [4.69, 9.17) is 21.3 Å². The van der Waals surface area contributed by atoms with Crippen molar-refractivity contribution in [1.82, 2.24) is 10.5 Å². The standard InChI is InChI=1S/C13H14ClN3O4S/c1-8-11(14)12(17-21-8)13(18)16-7-6-9-2-4-10(5-3-9)22(15,19)20/h2-5H,6-7H2,1H3,(H,16,18)(H2,15,19,20). The minimum absolute atomic E-state index is 0.0451. The Morgan fingerprint density at radius 3 is 2.50 bits per heavy atom. The van der Waals surface area contributed by atoms with Gasteiger partial charge in [0.1, 0.15) is 5.02 Å². The molecule has 0 saturated heterocycles. The zero-order chi connectivity index (χ0) is 16.3. The number of nitrogens with two attached hydrogens (primary N) is 1. The number of carbonyl (C=O) groups is 1. The topological polar surface area (TPSA) is 115 Å². The number of amides is 1. The number of nitrogens with one attached hydrogen (secondary N) is 1. The molecule has 2 aromatic rings. The van der Waals surface area contributed by atoms with Crippen molar-refractivity contribution in [3.63, 3.8) is 0 Å². The van der Waals surface area contributed by atoms with Gasteiger partial charge in [-0.2, -0.15) is 0 Å². The molecule has 0 unspecified atom stereocenters. The first-order valence-electron chi connectivity index (χ1n) is 6.31. The van der Waals surface area contributed by atoms with Crippen molar-refractivity contribution in [2.45, 2.75) is 18.2 Å². The van der Waals surface area contributed by atoms with Gasteiger partial charge >= 0.3 is 0 Å². The molecule has 0 bridgehead atoms. The van der Waals surface area contributed by atoms with Gasteiger partial charge in [0.05, 0.1) is 4.90 Å². The average molecular weight is 344 g/mol. The molecule has 1 amide bonds. The molecular formula is C13H14ClN3O4S. The molecule has 0 spiro atoms. The minimum Gasteiger partial charge on any atom is -0.359 e. The molecule has 0 aliphatic rings. The highest BCUT2D eigenvalue weighted by molar-refractivity contribution is 7.89. The number of primary sulfonamides is 1. The van der Waals surface area contributed by atoms with Gasteiger partial charge in [-0.25, -0.2) is 13.6 Å². The largest absolute Gasteiger partial charge is 0.359 e. The highest BCUT2D eigenvalue weighted by Gasteiger charge is 2.17. The molecule has 9 heteroatoms. The number of hydrogen-bond donors (Lipinski definition) is 2. The Hall–Kier alpha value is -1.90. The van der Waals surface area contributed by atoms with Gasteiger partial charge in [-0.3, -0.25) is 4.79 Å². The Bertz CT molecular complexity index is 784. The van der Waals surface area contributed by atoms with E-state index in [1.165, 1.54) is 12.1 Å². The second-order valence-corrected chi connectivity index (χ2v) is 6.54. The molecular weight excluding hydrogens is 330 g/mol. The number of aromatic nitrogens is 1. The lowest BCUT2D eigenvalue weighted by molar-refractivity contribution is 0.0945. The summed E-state index contributed by atoms with van der Waals surface area (Å²) in [6.45, 7) is 1.95. The van der Waals surface area contributed by atoms with Gasteiger partial charge in [0, 0.05) is 6.54 Å². The SMILES string of the molecule is Cc1onc(C(=O)NCCc2ccc(S(N)(=O)=O)cc2)c1Cl. The monoisotopic (exact) mass is 343 g/mol. The first-order chi connectivity index (χ1) is 10.3. The Labute approximate surface area is 132 Å². The maximum absolute atomic E-state index is 11.8. The van der Waals surface area contributed by atoms with Crippen LogP contribution in [0.2, 0.25) is 5.02 Å². The molecule has 1 aromatic heterocycles. The maximum Gasteiger partial charge on any atom is 0.275 e. The third-order valence-corrected chi connectivity index (χ3v) is 4.33. The van der Waals surface area contributed by atoms with E-state index in [0.29, 0.717) is 18.7 Å². The fraction of sp³-hybridized carbons (Fsp3) is 0.231. The van der Waals surface area contributed by atoms with E-state index >= 15 is 0 Å². The van der Waals surface area contributed by atoms with Crippen LogP contribution in [0.3, 0.4) is 0 Å². The molecule has 0 radical (unpaired) electrons. The summed E-state index contributed by atoms with van der Waals surface area (Å²) < 4.78 is 27.1. The van der Waals surface area contributed by atoms with E-state index in [1.54, 1.807) is 19.1 Å². The molecule has 1 aromatic carbocycles. The molecule has 2 rings (SSSR count). The molecule has 0 fully saturated rings. The number of halogens is 1. The molecule has 1 heterocycles. The number of benzene rings is 1. The smallest absolute Gasteiger partial charge is 0.275 e. The summed E-state index contributed by atoms with van der Waals surface area (Å²) in [5.74, 6) is -0.0478. The molecule has 0 aliphatic carbocycles. The van der Waals surface area contributed by atoms with Crippen LogP contribution in [0.1, 0.15) is 21.8 Å². The zero-order valence-electron chi connectivity index (χ0n) is 11.7. The normalized spacial score (nSPS) is 11.4. The Morgan fingerprint density at radius 2 is 2.00 bits per heavy atom. The van der Waals surface area contributed by atoms with Crippen LogP contribution in [0.15, 0.2) is 33.7 Å². The molecule has 7 nitrogen and oxygen atoms in total. The highest BCUT2D eigenvalue weighted by atomic mass is 35.5. The Kier molecular flexibility index (Phi) is 4.84. The Balaban J connectivity index is 1.91. The van der Waals surface area contributed by atoms with Crippen LogP contribution in [-0.2, 0) is 16.4 Å². The summed E-state index contributed by atoms with van der Waals surface area (Å²) in [7, 11) is -3.70. The van der Waals surface area contributed by atoms with Crippen LogP contribution in [0, 0.1) is 6.92 Å². The minimum atomic E-state index is -3.70. The lowest BCUT2D eigenvalue weighted by Gasteiger charge is -2.04. The van der Waals surface area contributed by atoms with Gasteiger partial charge in [0.15, 0.2) is 11.5 Å². The van der Waals surface area contributed by atoms with Crippen molar-refractivity contribution in [2.24, 2.45) is 5.14 Å². The van der Waals surface area contributed by atoms with Gasteiger partial charge in [0.2, 0.25) is 10.0 Å². The third-order valence-electron chi connectivity index (χ3n) is 2.96. The number of rotatable bonds is 5. The second kappa shape index (κ2) is 6.47. The summed E-state index contributed by atoms with van der Waals surface area (Å²) in [6, 6.07) is 6.12. The Morgan fingerprint density at radius 1 is 1.36 bits per heavy atom.